The highest BCUT2D eigenvalue weighted by Gasteiger charge is 2.27. The maximum absolute atomic E-state index is 12.8. The molecule has 24 heavy (non-hydrogen) atoms. The lowest BCUT2D eigenvalue weighted by Crippen LogP contribution is -2.40. The lowest BCUT2D eigenvalue weighted by molar-refractivity contribution is 0.0659. The molecule has 6 heteroatoms. The summed E-state index contributed by atoms with van der Waals surface area (Å²) in [7, 11) is 0. The third-order valence-corrected chi connectivity index (χ3v) is 5.17. The van der Waals surface area contributed by atoms with E-state index in [-0.39, 0.29) is 18.3 Å². The monoisotopic (exact) mass is 414 g/mol. The molecule has 132 valence electrons. The predicted molar refractivity (Wildman–Crippen MR) is 103 cm³/mol. The molecule has 1 N–H and O–H groups in total. The second-order valence-electron chi connectivity index (χ2n) is 6.24. The number of halogens is 2. The Bertz CT molecular complexity index is 708. The summed E-state index contributed by atoms with van der Waals surface area (Å²) in [6.07, 6.45) is 2.12. The highest BCUT2D eigenvalue weighted by molar-refractivity contribution is 9.10. The van der Waals surface area contributed by atoms with Gasteiger partial charge in [0.05, 0.1) is 0 Å². The molecular weight excluding hydrogens is 392 g/mol. The van der Waals surface area contributed by atoms with Gasteiger partial charge in [-0.2, -0.15) is 0 Å². The molecule has 0 bridgehead atoms. The summed E-state index contributed by atoms with van der Waals surface area (Å²) in [5.41, 5.74) is 1.71. The van der Waals surface area contributed by atoms with E-state index in [0.29, 0.717) is 11.7 Å². The minimum Gasteiger partial charge on any atom is -0.451 e. The van der Waals surface area contributed by atoms with Crippen molar-refractivity contribution in [1.29, 1.82) is 0 Å². The molecule has 1 saturated heterocycles. The highest BCUT2D eigenvalue weighted by atomic mass is 79.9. The molecule has 0 unspecified atom stereocenters. The highest BCUT2D eigenvalue weighted by Crippen LogP contribution is 2.29. The minimum atomic E-state index is 0. The van der Waals surface area contributed by atoms with Crippen LogP contribution in [-0.2, 0) is 0 Å². The van der Waals surface area contributed by atoms with Crippen molar-refractivity contribution >= 4 is 45.2 Å². The van der Waals surface area contributed by atoms with Crippen LogP contribution >= 0.6 is 28.3 Å². The van der Waals surface area contributed by atoms with Crippen molar-refractivity contribution in [2.24, 2.45) is 5.92 Å². The number of carbonyl (C=O) groups excluding carboxylic acids is 1. The van der Waals surface area contributed by atoms with Gasteiger partial charge in [-0.25, -0.2) is 0 Å². The Balaban J connectivity index is 0.00000208. The van der Waals surface area contributed by atoms with Crippen molar-refractivity contribution in [2.45, 2.75) is 26.7 Å². The first-order valence-electron chi connectivity index (χ1n) is 8.28. The number of carbonyl (C=O) groups is 1. The number of nitrogens with zero attached hydrogens (tertiary/aromatic N) is 1. The molecule has 1 amide bonds. The van der Waals surface area contributed by atoms with Crippen LogP contribution in [0.3, 0.4) is 0 Å². The molecule has 3 rings (SSSR count). The van der Waals surface area contributed by atoms with Gasteiger partial charge in [0, 0.05) is 28.5 Å². The summed E-state index contributed by atoms with van der Waals surface area (Å²) in [6.45, 7) is 7.78. The quantitative estimate of drug-likeness (QED) is 0.805. The number of likely N-dealkylation sites (tertiary alicyclic amines) is 1. The van der Waals surface area contributed by atoms with E-state index in [4.69, 9.17) is 4.42 Å². The Morgan fingerprint density at radius 2 is 2.08 bits per heavy atom. The van der Waals surface area contributed by atoms with Crippen molar-refractivity contribution in [3.63, 3.8) is 0 Å². The second kappa shape index (κ2) is 8.37. The zero-order chi connectivity index (χ0) is 16.4. The first-order valence-corrected chi connectivity index (χ1v) is 9.08. The van der Waals surface area contributed by atoms with E-state index in [0.717, 1.165) is 60.0 Å². The number of nitrogens with one attached hydrogen (secondary N) is 1. The van der Waals surface area contributed by atoms with Crippen molar-refractivity contribution < 1.29 is 9.21 Å². The Hall–Kier alpha value is -1.04. The molecule has 2 aromatic rings. The van der Waals surface area contributed by atoms with Crippen LogP contribution in [0.1, 0.15) is 35.9 Å². The van der Waals surface area contributed by atoms with Gasteiger partial charge >= 0.3 is 0 Å². The average molecular weight is 416 g/mol. The fourth-order valence-corrected chi connectivity index (χ4v) is 3.59. The van der Waals surface area contributed by atoms with Crippen LogP contribution in [0.4, 0.5) is 0 Å². The summed E-state index contributed by atoms with van der Waals surface area (Å²) in [5.74, 6) is 1.19. The van der Waals surface area contributed by atoms with Crippen molar-refractivity contribution in [2.75, 3.05) is 26.2 Å². The van der Waals surface area contributed by atoms with E-state index in [1.165, 1.54) is 0 Å². The number of piperidine rings is 1. The normalized spacial score (nSPS) is 15.5. The Kier molecular flexibility index (Phi) is 6.72. The van der Waals surface area contributed by atoms with Crippen molar-refractivity contribution in [1.82, 2.24) is 10.2 Å². The van der Waals surface area contributed by atoms with Gasteiger partial charge < -0.3 is 14.6 Å². The molecule has 0 atom stereocenters. The molecule has 0 saturated carbocycles. The van der Waals surface area contributed by atoms with Gasteiger partial charge in [-0.1, -0.05) is 22.9 Å². The molecule has 1 aromatic heterocycles. The van der Waals surface area contributed by atoms with E-state index in [9.17, 15) is 4.79 Å². The lowest BCUT2D eigenvalue weighted by Gasteiger charge is -2.31. The number of hydrogen-bond donors (Lipinski definition) is 1. The van der Waals surface area contributed by atoms with Crippen LogP contribution in [0.25, 0.3) is 11.0 Å². The Labute approximate surface area is 157 Å². The smallest absolute Gasteiger partial charge is 0.289 e. The van der Waals surface area contributed by atoms with Crippen LogP contribution < -0.4 is 5.32 Å². The number of furan rings is 1. The summed E-state index contributed by atoms with van der Waals surface area (Å²) >= 11 is 3.47. The van der Waals surface area contributed by atoms with Crippen molar-refractivity contribution in [3.8, 4) is 0 Å². The van der Waals surface area contributed by atoms with Crippen LogP contribution in [-0.4, -0.2) is 37.0 Å². The fourth-order valence-electron chi connectivity index (χ4n) is 3.23. The fraction of sp³-hybridized carbons (Fsp3) is 0.500. The Morgan fingerprint density at radius 1 is 1.38 bits per heavy atom. The standard InChI is InChI=1S/C18H23BrN2O2.ClH/c1-3-20-11-13-6-8-21(9-7-13)18(22)17-12(2)15-10-14(19)4-5-16(15)23-17;/h4-5,10,13,20H,3,6-9,11H2,1-2H3;1H. The van der Waals surface area contributed by atoms with E-state index in [1.807, 2.05) is 30.0 Å². The largest absolute Gasteiger partial charge is 0.451 e. The third-order valence-electron chi connectivity index (χ3n) is 4.68. The van der Waals surface area contributed by atoms with Gasteiger partial charge in [-0.15, -0.1) is 12.4 Å². The third kappa shape index (κ3) is 3.95. The molecular formula is C18H24BrClN2O2. The topological polar surface area (TPSA) is 45.5 Å². The molecule has 1 aromatic carbocycles. The first kappa shape index (κ1) is 19.3. The maximum Gasteiger partial charge on any atom is 0.289 e. The summed E-state index contributed by atoms with van der Waals surface area (Å²) in [4.78, 5) is 14.7. The van der Waals surface area contributed by atoms with E-state index >= 15 is 0 Å². The van der Waals surface area contributed by atoms with Gasteiger partial charge in [-0.05, 0) is 57.0 Å². The SMILES string of the molecule is CCNCC1CCN(C(=O)c2oc3ccc(Br)cc3c2C)CC1.Cl. The molecule has 0 spiro atoms. The lowest BCUT2D eigenvalue weighted by atomic mass is 9.96. The summed E-state index contributed by atoms with van der Waals surface area (Å²) < 4.78 is 6.83. The molecule has 2 heterocycles. The first-order chi connectivity index (χ1) is 11.1. The molecule has 1 fully saturated rings. The number of rotatable bonds is 4. The van der Waals surface area contributed by atoms with Crippen LogP contribution in [0.5, 0.6) is 0 Å². The van der Waals surface area contributed by atoms with Crippen LogP contribution in [0.2, 0.25) is 0 Å². The Morgan fingerprint density at radius 3 is 2.75 bits per heavy atom. The molecule has 1 aliphatic rings. The number of aryl methyl sites for hydroxylation is 1. The molecule has 4 nitrogen and oxygen atoms in total. The number of fused-ring (bicyclic) bond motifs is 1. The summed E-state index contributed by atoms with van der Waals surface area (Å²) in [6, 6.07) is 5.85. The maximum atomic E-state index is 12.8. The van der Waals surface area contributed by atoms with Crippen molar-refractivity contribution in [3.05, 3.63) is 34.0 Å². The zero-order valence-corrected chi connectivity index (χ0v) is 16.5. The number of benzene rings is 1. The minimum absolute atomic E-state index is 0. The number of hydrogen-bond acceptors (Lipinski definition) is 3. The van der Waals surface area contributed by atoms with Gasteiger partial charge in [0.25, 0.3) is 5.91 Å². The van der Waals surface area contributed by atoms with Crippen LogP contribution in [0, 0.1) is 12.8 Å². The van der Waals surface area contributed by atoms with E-state index in [2.05, 4.69) is 28.2 Å². The van der Waals surface area contributed by atoms with Gasteiger partial charge in [0.15, 0.2) is 5.76 Å². The van der Waals surface area contributed by atoms with Gasteiger partial charge in [0.1, 0.15) is 5.58 Å². The van der Waals surface area contributed by atoms with Gasteiger partial charge in [0.2, 0.25) is 0 Å². The summed E-state index contributed by atoms with van der Waals surface area (Å²) in [5, 5.41) is 4.40. The van der Waals surface area contributed by atoms with Crippen LogP contribution in [0.15, 0.2) is 27.1 Å². The zero-order valence-electron chi connectivity index (χ0n) is 14.1. The number of amides is 1. The predicted octanol–water partition coefficient (Wildman–Crippen LogP) is 4.39. The van der Waals surface area contributed by atoms with E-state index < -0.39 is 0 Å². The van der Waals surface area contributed by atoms with Gasteiger partial charge in [-0.3, -0.25) is 4.79 Å². The van der Waals surface area contributed by atoms with E-state index in [1.54, 1.807) is 0 Å². The second-order valence-corrected chi connectivity index (χ2v) is 7.16. The molecule has 0 radical (unpaired) electrons. The average Bonchev–Trinajstić information content (AvgIpc) is 2.89. The molecule has 1 aliphatic heterocycles. The molecule has 0 aliphatic carbocycles.